The average molecular weight is 211 g/mol. The molecule has 0 fully saturated rings. The van der Waals surface area contributed by atoms with Crippen molar-refractivity contribution in [2.75, 3.05) is 6.54 Å². The van der Waals surface area contributed by atoms with E-state index in [1.54, 1.807) is 12.1 Å². The first kappa shape index (κ1) is 11.9. The maximum Gasteiger partial charge on any atom is 0.249 e. The zero-order valence-corrected chi connectivity index (χ0v) is 8.71. The Morgan fingerprint density at radius 3 is 2.33 bits per heavy atom. The number of alkyl halides is 2. The molecule has 0 heterocycles. The van der Waals surface area contributed by atoms with E-state index in [0.29, 0.717) is 12.1 Å². The Bertz CT molecular complexity index is 322. The van der Waals surface area contributed by atoms with Gasteiger partial charge in [0.05, 0.1) is 0 Å². The lowest BCUT2D eigenvalue weighted by atomic mass is 10.1. The smallest absolute Gasteiger partial charge is 0.249 e. The van der Waals surface area contributed by atoms with Crippen molar-refractivity contribution >= 4 is 6.08 Å². The molecule has 1 nitrogen and oxygen atoms in total. The van der Waals surface area contributed by atoms with Gasteiger partial charge in [0.1, 0.15) is 0 Å². The minimum Gasteiger partial charge on any atom is -0.327 e. The van der Waals surface area contributed by atoms with Crippen LogP contribution in [-0.2, 0) is 6.42 Å². The first-order valence-corrected chi connectivity index (χ1v) is 4.84. The second-order valence-electron chi connectivity index (χ2n) is 3.63. The zero-order chi connectivity index (χ0) is 11.3. The van der Waals surface area contributed by atoms with Crippen molar-refractivity contribution in [3.05, 3.63) is 41.5 Å². The molecular weight excluding hydrogens is 196 g/mol. The Labute approximate surface area is 88.6 Å². The molecule has 0 saturated carbocycles. The van der Waals surface area contributed by atoms with Crippen LogP contribution in [0.3, 0.4) is 0 Å². The van der Waals surface area contributed by atoms with Gasteiger partial charge in [-0.3, -0.25) is 0 Å². The quantitative estimate of drug-likeness (QED) is 0.814. The topological polar surface area (TPSA) is 26.0 Å². The van der Waals surface area contributed by atoms with Gasteiger partial charge in [-0.05, 0) is 18.1 Å². The van der Waals surface area contributed by atoms with Crippen LogP contribution in [0.5, 0.6) is 0 Å². The lowest BCUT2D eigenvalue weighted by Gasteiger charge is -2.09. The van der Waals surface area contributed by atoms with Gasteiger partial charge in [0.2, 0.25) is 5.92 Å². The summed E-state index contributed by atoms with van der Waals surface area (Å²) in [5.74, 6) is -2.64. The van der Waals surface area contributed by atoms with Crippen molar-refractivity contribution in [1.82, 2.24) is 0 Å². The Hall–Kier alpha value is -1.22. The van der Waals surface area contributed by atoms with E-state index in [-0.39, 0.29) is 6.42 Å². The summed E-state index contributed by atoms with van der Waals surface area (Å²) < 4.78 is 25.4. The van der Waals surface area contributed by atoms with E-state index >= 15 is 0 Å². The molecular formula is C12H15F2N. The van der Waals surface area contributed by atoms with Crippen molar-refractivity contribution < 1.29 is 8.78 Å². The normalized spacial score (nSPS) is 12.3. The second kappa shape index (κ2) is 5.03. The largest absolute Gasteiger partial charge is 0.327 e. The van der Waals surface area contributed by atoms with Crippen molar-refractivity contribution in [2.45, 2.75) is 19.3 Å². The van der Waals surface area contributed by atoms with E-state index in [4.69, 9.17) is 5.73 Å². The molecule has 0 saturated heterocycles. The molecule has 0 spiro atoms. The maximum absolute atomic E-state index is 12.7. The van der Waals surface area contributed by atoms with E-state index in [9.17, 15) is 8.78 Å². The zero-order valence-electron chi connectivity index (χ0n) is 8.71. The fraction of sp³-hybridized carbons (Fsp3) is 0.333. The summed E-state index contributed by atoms with van der Waals surface area (Å²) >= 11 is 0. The van der Waals surface area contributed by atoms with Crippen LogP contribution in [0, 0.1) is 0 Å². The van der Waals surface area contributed by atoms with Crippen LogP contribution in [-0.4, -0.2) is 12.5 Å². The van der Waals surface area contributed by atoms with Crippen molar-refractivity contribution in [3.8, 4) is 0 Å². The molecule has 0 radical (unpaired) electrons. The molecule has 0 aromatic heterocycles. The number of rotatable bonds is 4. The van der Waals surface area contributed by atoms with Gasteiger partial charge in [0.15, 0.2) is 0 Å². The van der Waals surface area contributed by atoms with Crippen molar-refractivity contribution in [3.63, 3.8) is 0 Å². The molecule has 15 heavy (non-hydrogen) atoms. The van der Waals surface area contributed by atoms with Crippen LogP contribution in [0.2, 0.25) is 0 Å². The van der Waals surface area contributed by atoms with Crippen LogP contribution >= 0.6 is 0 Å². The molecule has 2 N–H and O–H groups in total. The van der Waals surface area contributed by atoms with Gasteiger partial charge in [0.25, 0.3) is 0 Å². The van der Waals surface area contributed by atoms with E-state index in [0.717, 1.165) is 12.5 Å². The molecule has 0 atom stereocenters. The molecule has 1 aromatic rings. The summed E-state index contributed by atoms with van der Waals surface area (Å²) in [6.07, 6.45) is 3.48. The molecule has 0 unspecified atom stereocenters. The molecule has 0 aliphatic rings. The number of benzene rings is 1. The Morgan fingerprint density at radius 2 is 1.87 bits per heavy atom. The fourth-order valence-corrected chi connectivity index (χ4v) is 1.31. The number of halogens is 2. The third kappa shape index (κ3) is 4.70. The number of hydrogen-bond acceptors (Lipinski definition) is 1. The highest BCUT2D eigenvalue weighted by Gasteiger charge is 2.21. The Morgan fingerprint density at radius 1 is 1.27 bits per heavy atom. The molecule has 1 rings (SSSR count). The SMILES string of the molecule is CC(F)(F)Cc1ccc(/C=C/CN)cc1. The Balaban J connectivity index is 2.68. The van der Waals surface area contributed by atoms with E-state index in [1.165, 1.54) is 0 Å². The summed E-state index contributed by atoms with van der Waals surface area (Å²) in [6.45, 7) is 1.41. The van der Waals surface area contributed by atoms with E-state index < -0.39 is 5.92 Å². The standard InChI is InChI=1S/C12H15F2N/c1-12(13,14)9-11-6-4-10(5-7-11)3-2-8-15/h2-7H,8-9,15H2,1H3/b3-2+. The second-order valence-corrected chi connectivity index (χ2v) is 3.63. The molecule has 3 heteroatoms. The lowest BCUT2D eigenvalue weighted by Crippen LogP contribution is -2.13. The highest BCUT2D eigenvalue weighted by Crippen LogP contribution is 2.19. The molecule has 0 bridgehead atoms. The molecule has 1 aromatic carbocycles. The van der Waals surface area contributed by atoms with Crippen LogP contribution < -0.4 is 5.73 Å². The van der Waals surface area contributed by atoms with Gasteiger partial charge < -0.3 is 5.73 Å². The number of nitrogens with two attached hydrogens (primary N) is 1. The number of hydrogen-bond donors (Lipinski definition) is 1. The van der Waals surface area contributed by atoms with Gasteiger partial charge in [0, 0.05) is 13.0 Å². The monoisotopic (exact) mass is 211 g/mol. The van der Waals surface area contributed by atoms with Gasteiger partial charge in [-0.2, -0.15) is 0 Å². The van der Waals surface area contributed by atoms with Gasteiger partial charge >= 0.3 is 0 Å². The predicted octanol–water partition coefficient (Wildman–Crippen LogP) is 2.86. The molecule has 0 aliphatic carbocycles. The van der Waals surface area contributed by atoms with E-state index in [2.05, 4.69) is 0 Å². The first-order chi connectivity index (χ1) is 7.01. The van der Waals surface area contributed by atoms with Crippen molar-refractivity contribution in [2.24, 2.45) is 5.73 Å². The summed E-state index contributed by atoms with van der Waals surface area (Å²) in [4.78, 5) is 0. The lowest BCUT2D eigenvalue weighted by molar-refractivity contribution is 0.0226. The Kier molecular flexibility index (Phi) is 3.97. The van der Waals surface area contributed by atoms with Gasteiger partial charge in [-0.1, -0.05) is 36.4 Å². The van der Waals surface area contributed by atoms with E-state index in [1.807, 2.05) is 24.3 Å². The summed E-state index contributed by atoms with van der Waals surface area (Å²) in [6, 6.07) is 7.06. The first-order valence-electron chi connectivity index (χ1n) is 4.84. The third-order valence-corrected chi connectivity index (χ3v) is 1.94. The molecule has 0 amide bonds. The van der Waals surface area contributed by atoms with Gasteiger partial charge in [-0.25, -0.2) is 8.78 Å². The molecule has 82 valence electrons. The maximum atomic E-state index is 12.7. The van der Waals surface area contributed by atoms with Crippen LogP contribution in [0.1, 0.15) is 18.1 Å². The summed E-state index contributed by atoms with van der Waals surface area (Å²) in [7, 11) is 0. The predicted molar refractivity (Wildman–Crippen MR) is 58.9 cm³/mol. The minimum absolute atomic E-state index is 0.214. The summed E-state index contributed by atoms with van der Waals surface area (Å²) in [5, 5.41) is 0. The van der Waals surface area contributed by atoms with Crippen LogP contribution in [0.25, 0.3) is 6.08 Å². The van der Waals surface area contributed by atoms with Crippen molar-refractivity contribution in [1.29, 1.82) is 0 Å². The highest BCUT2D eigenvalue weighted by molar-refractivity contribution is 5.49. The molecule has 0 aliphatic heterocycles. The third-order valence-electron chi connectivity index (χ3n) is 1.94. The van der Waals surface area contributed by atoms with Crippen LogP contribution in [0.4, 0.5) is 8.78 Å². The highest BCUT2D eigenvalue weighted by atomic mass is 19.3. The minimum atomic E-state index is -2.64. The fourth-order valence-electron chi connectivity index (χ4n) is 1.31. The van der Waals surface area contributed by atoms with Gasteiger partial charge in [-0.15, -0.1) is 0 Å². The van der Waals surface area contributed by atoms with Crippen LogP contribution in [0.15, 0.2) is 30.3 Å². The summed E-state index contributed by atoms with van der Waals surface area (Å²) in [5.41, 5.74) is 6.92. The average Bonchev–Trinajstić information content (AvgIpc) is 2.14.